The van der Waals surface area contributed by atoms with Crippen molar-refractivity contribution in [3.63, 3.8) is 0 Å². The van der Waals surface area contributed by atoms with E-state index in [0.29, 0.717) is 5.82 Å². The van der Waals surface area contributed by atoms with E-state index >= 15 is 0 Å². The average molecular weight is 282 g/mol. The topological polar surface area (TPSA) is 53.1 Å². The van der Waals surface area contributed by atoms with E-state index in [0.717, 1.165) is 21.5 Å². The molecule has 0 aliphatic heterocycles. The summed E-state index contributed by atoms with van der Waals surface area (Å²) >= 11 is 3.44. The van der Waals surface area contributed by atoms with Gasteiger partial charge in [0.25, 0.3) is 0 Å². The molecule has 0 amide bonds. The fourth-order valence-corrected chi connectivity index (χ4v) is 2.20. The highest BCUT2D eigenvalue weighted by Crippen LogP contribution is 2.36. The van der Waals surface area contributed by atoms with Crippen molar-refractivity contribution in [3.05, 3.63) is 28.7 Å². The summed E-state index contributed by atoms with van der Waals surface area (Å²) < 4.78 is 7.84. The Hall–Kier alpha value is -1.49. The molecule has 0 saturated heterocycles. The van der Waals surface area contributed by atoms with Crippen molar-refractivity contribution in [1.29, 1.82) is 0 Å². The number of hydrogen-bond acceptors (Lipinski definition) is 3. The summed E-state index contributed by atoms with van der Waals surface area (Å²) in [5, 5.41) is 4.15. The van der Waals surface area contributed by atoms with Gasteiger partial charge in [0.15, 0.2) is 5.82 Å². The number of ether oxygens (including phenoxy) is 1. The fourth-order valence-electron chi connectivity index (χ4n) is 1.65. The Morgan fingerprint density at radius 3 is 2.62 bits per heavy atom. The first-order valence-electron chi connectivity index (χ1n) is 4.76. The largest absolute Gasteiger partial charge is 0.496 e. The summed E-state index contributed by atoms with van der Waals surface area (Å²) in [7, 11) is 3.50. The molecule has 5 heteroatoms. The molecule has 84 valence electrons. The highest BCUT2D eigenvalue weighted by Gasteiger charge is 2.16. The van der Waals surface area contributed by atoms with Crippen molar-refractivity contribution < 1.29 is 4.74 Å². The van der Waals surface area contributed by atoms with Crippen LogP contribution in [0.5, 0.6) is 5.75 Å². The number of halogens is 1. The van der Waals surface area contributed by atoms with Crippen LogP contribution in [0.15, 0.2) is 28.7 Å². The van der Waals surface area contributed by atoms with Crippen molar-refractivity contribution in [1.82, 2.24) is 9.78 Å². The van der Waals surface area contributed by atoms with Gasteiger partial charge < -0.3 is 10.5 Å². The molecule has 0 spiro atoms. The smallest absolute Gasteiger partial charge is 0.160 e. The van der Waals surface area contributed by atoms with E-state index in [1.807, 2.05) is 31.3 Å². The number of benzene rings is 1. The number of para-hydroxylation sites is 1. The maximum atomic E-state index is 5.75. The Balaban J connectivity index is 2.67. The van der Waals surface area contributed by atoms with E-state index < -0.39 is 0 Å². The second-order valence-electron chi connectivity index (χ2n) is 3.37. The van der Waals surface area contributed by atoms with Crippen molar-refractivity contribution >= 4 is 21.7 Å². The van der Waals surface area contributed by atoms with Crippen LogP contribution in [-0.2, 0) is 7.05 Å². The van der Waals surface area contributed by atoms with Crippen LogP contribution in [0.25, 0.3) is 11.3 Å². The van der Waals surface area contributed by atoms with Gasteiger partial charge in [-0.15, -0.1) is 0 Å². The molecule has 0 saturated carbocycles. The van der Waals surface area contributed by atoms with E-state index in [1.54, 1.807) is 11.8 Å². The van der Waals surface area contributed by atoms with E-state index in [9.17, 15) is 0 Å². The van der Waals surface area contributed by atoms with Crippen LogP contribution < -0.4 is 10.5 Å². The highest BCUT2D eigenvalue weighted by atomic mass is 79.9. The Kier molecular flexibility index (Phi) is 2.87. The number of aromatic nitrogens is 2. The molecular formula is C11H12BrN3O. The lowest BCUT2D eigenvalue weighted by molar-refractivity contribution is 0.416. The Bertz CT molecular complexity index is 522. The Morgan fingerprint density at radius 2 is 2.06 bits per heavy atom. The molecule has 0 bridgehead atoms. The first-order chi connectivity index (χ1) is 7.65. The van der Waals surface area contributed by atoms with Crippen molar-refractivity contribution in [2.45, 2.75) is 0 Å². The average Bonchev–Trinajstić information content (AvgIpc) is 2.53. The third-order valence-corrected chi connectivity index (χ3v) is 3.16. The number of aryl methyl sites for hydroxylation is 1. The van der Waals surface area contributed by atoms with Gasteiger partial charge in [-0.3, -0.25) is 4.68 Å². The van der Waals surface area contributed by atoms with Gasteiger partial charge >= 0.3 is 0 Å². The second-order valence-corrected chi connectivity index (χ2v) is 4.16. The summed E-state index contributed by atoms with van der Waals surface area (Å²) in [6.45, 7) is 0. The van der Waals surface area contributed by atoms with Crippen LogP contribution in [0.2, 0.25) is 0 Å². The summed E-state index contributed by atoms with van der Waals surface area (Å²) in [4.78, 5) is 0. The number of methoxy groups -OCH3 is 1. The molecule has 2 rings (SSSR count). The van der Waals surface area contributed by atoms with Crippen LogP contribution in [0, 0.1) is 0 Å². The van der Waals surface area contributed by atoms with Crippen LogP contribution in [0.3, 0.4) is 0 Å². The number of nitrogen functional groups attached to an aromatic ring is 1. The second kappa shape index (κ2) is 4.17. The SMILES string of the molecule is COc1ccccc1-c1c(Br)c(N)nn1C. The van der Waals surface area contributed by atoms with Gasteiger partial charge in [-0.1, -0.05) is 12.1 Å². The summed E-state index contributed by atoms with van der Waals surface area (Å²) in [6.07, 6.45) is 0. The minimum atomic E-state index is 0.475. The van der Waals surface area contributed by atoms with Gasteiger partial charge in [0, 0.05) is 12.6 Å². The zero-order valence-corrected chi connectivity index (χ0v) is 10.7. The lowest BCUT2D eigenvalue weighted by atomic mass is 10.1. The molecule has 16 heavy (non-hydrogen) atoms. The van der Waals surface area contributed by atoms with E-state index in [4.69, 9.17) is 10.5 Å². The van der Waals surface area contributed by atoms with Gasteiger partial charge in [-0.2, -0.15) is 5.10 Å². The summed E-state index contributed by atoms with van der Waals surface area (Å²) in [5.74, 6) is 1.27. The molecule has 0 aliphatic carbocycles. The number of anilines is 1. The number of nitrogens with zero attached hydrogens (tertiary/aromatic N) is 2. The maximum Gasteiger partial charge on any atom is 0.160 e. The third kappa shape index (κ3) is 1.67. The normalized spacial score (nSPS) is 10.4. The maximum absolute atomic E-state index is 5.75. The molecule has 1 aromatic carbocycles. The first kappa shape index (κ1) is 11.0. The van der Waals surface area contributed by atoms with Crippen LogP contribution >= 0.6 is 15.9 Å². The predicted molar refractivity (Wildman–Crippen MR) is 67.3 cm³/mol. The standard InChI is InChI=1S/C11H12BrN3O/c1-15-10(9(12)11(13)14-15)7-5-3-4-6-8(7)16-2/h3-6H,1-2H3,(H2,13,14). The van der Waals surface area contributed by atoms with Gasteiger partial charge in [-0.05, 0) is 28.1 Å². The quantitative estimate of drug-likeness (QED) is 0.920. The predicted octanol–water partition coefficient (Wildman–Crippen LogP) is 2.44. The lowest BCUT2D eigenvalue weighted by Gasteiger charge is -2.08. The van der Waals surface area contributed by atoms with Crippen molar-refractivity contribution in [2.24, 2.45) is 7.05 Å². The van der Waals surface area contributed by atoms with Crippen LogP contribution in [-0.4, -0.2) is 16.9 Å². The number of rotatable bonds is 2. The Labute approximate surface area is 102 Å². The van der Waals surface area contributed by atoms with Gasteiger partial charge in [0.2, 0.25) is 0 Å². The lowest BCUT2D eigenvalue weighted by Crippen LogP contribution is -1.96. The molecule has 1 aromatic heterocycles. The zero-order valence-electron chi connectivity index (χ0n) is 9.07. The molecule has 1 heterocycles. The van der Waals surface area contributed by atoms with Crippen LogP contribution in [0.1, 0.15) is 0 Å². The molecule has 0 unspecified atom stereocenters. The van der Waals surface area contributed by atoms with Crippen molar-refractivity contribution in [3.8, 4) is 17.0 Å². The van der Waals surface area contributed by atoms with Gasteiger partial charge in [0.05, 0.1) is 17.3 Å². The van der Waals surface area contributed by atoms with Gasteiger partial charge in [0.1, 0.15) is 5.75 Å². The monoisotopic (exact) mass is 281 g/mol. The molecule has 0 aliphatic rings. The Morgan fingerprint density at radius 1 is 1.38 bits per heavy atom. The summed E-state index contributed by atoms with van der Waals surface area (Å²) in [6, 6.07) is 7.76. The molecule has 2 aromatic rings. The minimum absolute atomic E-state index is 0.475. The fraction of sp³-hybridized carbons (Fsp3) is 0.182. The van der Waals surface area contributed by atoms with E-state index in [-0.39, 0.29) is 0 Å². The minimum Gasteiger partial charge on any atom is -0.496 e. The van der Waals surface area contributed by atoms with E-state index in [1.165, 1.54) is 0 Å². The first-order valence-corrected chi connectivity index (χ1v) is 5.55. The highest BCUT2D eigenvalue weighted by molar-refractivity contribution is 9.10. The molecule has 0 radical (unpaired) electrons. The van der Waals surface area contributed by atoms with Gasteiger partial charge in [-0.25, -0.2) is 0 Å². The van der Waals surface area contributed by atoms with Crippen molar-refractivity contribution in [2.75, 3.05) is 12.8 Å². The zero-order chi connectivity index (χ0) is 11.7. The van der Waals surface area contributed by atoms with E-state index in [2.05, 4.69) is 21.0 Å². The number of nitrogens with two attached hydrogens (primary N) is 1. The molecule has 2 N–H and O–H groups in total. The molecule has 0 atom stereocenters. The molecule has 0 fully saturated rings. The van der Waals surface area contributed by atoms with Crippen LogP contribution in [0.4, 0.5) is 5.82 Å². The molecular weight excluding hydrogens is 270 g/mol. The summed E-state index contributed by atoms with van der Waals surface area (Å²) in [5.41, 5.74) is 7.62. The molecule has 4 nitrogen and oxygen atoms in total. The third-order valence-electron chi connectivity index (χ3n) is 2.38. The number of hydrogen-bond donors (Lipinski definition) is 1.